The summed E-state index contributed by atoms with van der Waals surface area (Å²) >= 11 is 0. The molecule has 1 aliphatic rings. The molecule has 0 spiro atoms. The van der Waals surface area contributed by atoms with Gasteiger partial charge < -0.3 is 5.11 Å². The first-order valence-electron chi connectivity index (χ1n) is 5.38. The average Bonchev–Trinajstić information content (AvgIpc) is 2.14. The highest BCUT2D eigenvalue weighted by atomic mass is 19.4. The number of alkyl halides is 3. The van der Waals surface area contributed by atoms with E-state index < -0.39 is 30.5 Å². The number of piperidine rings is 1. The van der Waals surface area contributed by atoms with E-state index in [-0.39, 0.29) is 0 Å². The van der Waals surface area contributed by atoms with Crippen LogP contribution in [0.25, 0.3) is 0 Å². The molecule has 1 fully saturated rings. The topological polar surface area (TPSA) is 40.5 Å². The number of aliphatic carboxylic acids is 1. The van der Waals surface area contributed by atoms with Crippen molar-refractivity contribution in [1.82, 2.24) is 4.90 Å². The van der Waals surface area contributed by atoms with Gasteiger partial charge in [0.2, 0.25) is 0 Å². The normalized spacial score (nSPS) is 28.0. The lowest BCUT2D eigenvalue weighted by Crippen LogP contribution is -2.53. The Labute approximate surface area is 92.2 Å². The SMILES string of the molecule is CCN1CCC[C@H](CC(=O)O)[C@H]1C(F)(F)F. The summed E-state index contributed by atoms with van der Waals surface area (Å²) in [5.41, 5.74) is 0. The second-order valence-corrected chi connectivity index (χ2v) is 4.12. The van der Waals surface area contributed by atoms with Crippen molar-refractivity contribution in [2.75, 3.05) is 13.1 Å². The summed E-state index contributed by atoms with van der Waals surface area (Å²) in [6.45, 7) is 2.37. The summed E-state index contributed by atoms with van der Waals surface area (Å²) in [7, 11) is 0. The predicted molar refractivity (Wildman–Crippen MR) is 52.1 cm³/mol. The van der Waals surface area contributed by atoms with Gasteiger partial charge in [-0.1, -0.05) is 6.92 Å². The molecule has 6 heteroatoms. The zero-order chi connectivity index (χ0) is 12.3. The van der Waals surface area contributed by atoms with Crippen molar-refractivity contribution in [2.24, 2.45) is 5.92 Å². The molecule has 0 amide bonds. The smallest absolute Gasteiger partial charge is 0.404 e. The summed E-state index contributed by atoms with van der Waals surface area (Å²) in [6, 6.07) is -1.60. The molecule has 0 radical (unpaired) electrons. The average molecular weight is 239 g/mol. The Hall–Kier alpha value is -0.780. The van der Waals surface area contributed by atoms with Gasteiger partial charge in [0.1, 0.15) is 6.04 Å². The van der Waals surface area contributed by atoms with Crippen LogP contribution in [-0.2, 0) is 4.79 Å². The summed E-state index contributed by atoms with van der Waals surface area (Å²) in [5, 5.41) is 8.62. The van der Waals surface area contributed by atoms with Gasteiger partial charge in [-0.25, -0.2) is 0 Å². The number of hydrogen-bond donors (Lipinski definition) is 1. The molecule has 16 heavy (non-hydrogen) atoms. The maximum atomic E-state index is 12.8. The highest BCUT2D eigenvalue weighted by molar-refractivity contribution is 5.67. The zero-order valence-electron chi connectivity index (χ0n) is 9.13. The number of nitrogens with zero attached hydrogens (tertiary/aromatic N) is 1. The fraction of sp³-hybridized carbons (Fsp3) is 0.900. The number of carboxylic acid groups (broad SMARTS) is 1. The molecule has 1 N–H and O–H groups in total. The van der Waals surface area contributed by atoms with E-state index in [4.69, 9.17) is 5.11 Å². The monoisotopic (exact) mass is 239 g/mol. The number of hydrogen-bond acceptors (Lipinski definition) is 2. The quantitative estimate of drug-likeness (QED) is 0.820. The van der Waals surface area contributed by atoms with Crippen LogP contribution in [0, 0.1) is 5.92 Å². The summed E-state index contributed by atoms with van der Waals surface area (Å²) in [4.78, 5) is 11.9. The van der Waals surface area contributed by atoms with Crippen molar-refractivity contribution in [1.29, 1.82) is 0 Å². The van der Waals surface area contributed by atoms with Crippen LogP contribution in [0.2, 0.25) is 0 Å². The number of halogens is 3. The van der Waals surface area contributed by atoms with E-state index in [2.05, 4.69) is 0 Å². The van der Waals surface area contributed by atoms with E-state index in [0.717, 1.165) is 0 Å². The van der Waals surface area contributed by atoms with Crippen LogP contribution in [0.1, 0.15) is 26.2 Å². The van der Waals surface area contributed by atoms with E-state index in [9.17, 15) is 18.0 Å². The van der Waals surface area contributed by atoms with Gasteiger partial charge in [-0.3, -0.25) is 9.69 Å². The van der Waals surface area contributed by atoms with E-state index in [1.807, 2.05) is 0 Å². The first kappa shape index (κ1) is 13.3. The molecule has 1 heterocycles. The van der Waals surface area contributed by atoms with Crippen LogP contribution >= 0.6 is 0 Å². The van der Waals surface area contributed by atoms with E-state index >= 15 is 0 Å². The van der Waals surface area contributed by atoms with Crippen LogP contribution in [0.15, 0.2) is 0 Å². The van der Waals surface area contributed by atoms with Crippen LogP contribution in [0.5, 0.6) is 0 Å². The van der Waals surface area contributed by atoms with Gasteiger partial charge in [0.05, 0.1) is 0 Å². The fourth-order valence-electron chi connectivity index (χ4n) is 2.42. The van der Waals surface area contributed by atoms with Gasteiger partial charge in [-0.2, -0.15) is 13.2 Å². The van der Waals surface area contributed by atoms with Gasteiger partial charge in [0.15, 0.2) is 0 Å². The first-order valence-corrected chi connectivity index (χ1v) is 5.38. The Morgan fingerprint density at radius 3 is 2.56 bits per heavy atom. The molecule has 0 saturated carbocycles. The number of likely N-dealkylation sites (tertiary alicyclic amines) is 1. The highest BCUT2D eigenvalue weighted by Gasteiger charge is 2.49. The maximum absolute atomic E-state index is 12.8. The summed E-state index contributed by atoms with van der Waals surface area (Å²) < 4.78 is 38.5. The molecule has 0 bridgehead atoms. The molecule has 3 nitrogen and oxygen atoms in total. The van der Waals surface area contributed by atoms with Crippen LogP contribution in [-0.4, -0.2) is 41.3 Å². The largest absolute Gasteiger partial charge is 0.481 e. The van der Waals surface area contributed by atoms with Gasteiger partial charge >= 0.3 is 12.1 Å². The maximum Gasteiger partial charge on any atom is 0.404 e. The lowest BCUT2D eigenvalue weighted by Gasteiger charge is -2.41. The Morgan fingerprint density at radius 2 is 2.12 bits per heavy atom. The minimum Gasteiger partial charge on any atom is -0.481 e. The molecule has 1 rings (SSSR count). The number of carbonyl (C=O) groups is 1. The Balaban J connectivity index is 2.83. The standard InChI is InChI=1S/C10H16F3NO2/c1-2-14-5-3-4-7(6-8(15)16)9(14)10(11,12)13/h7,9H,2-6H2,1H3,(H,15,16)/t7-,9+/m1/s1. The lowest BCUT2D eigenvalue weighted by molar-refractivity contribution is -0.206. The fourth-order valence-corrected chi connectivity index (χ4v) is 2.42. The molecule has 0 aromatic heterocycles. The Kier molecular flexibility index (Phi) is 4.18. The van der Waals surface area contributed by atoms with Crippen molar-refractivity contribution in [2.45, 2.75) is 38.4 Å². The van der Waals surface area contributed by atoms with Crippen LogP contribution in [0.3, 0.4) is 0 Å². The van der Waals surface area contributed by atoms with Crippen molar-refractivity contribution in [3.8, 4) is 0 Å². The van der Waals surface area contributed by atoms with E-state index in [1.165, 1.54) is 4.90 Å². The molecule has 1 aliphatic heterocycles. The Bertz CT molecular complexity index is 255. The summed E-state index contributed by atoms with van der Waals surface area (Å²) in [5.74, 6) is -1.97. The van der Waals surface area contributed by atoms with Gasteiger partial charge in [0, 0.05) is 6.42 Å². The molecule has 0 aromatic carbocycles. The third-order valence-electron chi connectivity index (χ3n) is 3.04. The number of carboxylic acids is 1. The molecule has 0 unspecified atom stereocenters. The third kappa shape index (κ3) is 3.10. The first-order chi connectivity index (χ1) is 7.36. The van der Waals surface area contributed by atoms with Crippen molar-refractivity contribution in [3.05, 3.63) is 0 Å². The molecular formula is C10H16F3NO2. The van der Waals surface area contributed by atoms with E-state index in [1.54, 1.807) is 6.92 Å². The van der Waals surface area contributed by atoms with Crippen molar-refractivity contribution in [3.63, 3.8) is 0 Å². The van der Waals surface area contributed by atoms with E-state index in [0.29, 0.717) is 25.9 Å². The second kappa shape index (κ2) is 5.03. The molecule has 1 saturated heterocycles. The predicted octanol–water partition coefficient (Wildman–Crippen LogP) is 2.12. The molecule has 0 aliphatic carbocycles. The van der Waals surface area contributed by atoms with Crippen molar-refractivity contribution < 1.29 is 23.1 Å². The van der Waals surface area contributed by atoms with Crippen LogP contribution in [0.4, 0.5) is 13.2 Å². The molecule has 0 aromatic rings. The Morgan fingerprint density at radius 1 is 1.50 bits per heavy atom. The minimum absolute atomic E-state index is 0.306. The zero-order valence-corrected chi connectivity index (χ0v) is 9.13. The second-order valence-electron chi connectivity index (χ2n) is 4.12. The van der Waals surface area contributed by atoms with Crippen LogP contribution < -0.4 is 0 Å². The molecule has 94 valence electrons. The minimum atomic E-state index is -4.34. The summed E-state index contributed by atoms with van der Waals surface area (Å²) in [6.07, 6.45) is -3.76. The molecule has 2 atom stereocenters. The molecular weight excluding hydrogens is 223 g/mol. The lowest BCUT2D eigenvalue weighted by atomic mass is 9.86. The third-order valence-corrected chi connectivity index (χ3v) is 3.04. The highest BCUT2D eigenvalue weighted by Crippen LogP contribution is 2.37. The van der Waals surface area contributed by atoms with Gasteiger partial charge in [0.25, 0.3) is 0 Å². The van der Waals surface area contributed by atoms with Crippen molar-refractivity contribution >= 4 is 5.97 Å². The number of rotatable bonds is 3. The van der Waals surface area contributed by atoms with Gasteiger partial charge in [-0.05, 0) is 31.8 Å². The van der Waals surface area contributed by atoms with Gasteiger partial charge in [-0.15, -0.1) is 0 Å².